The number of nitrogens with zero attached hydrogens (tertiary/aromatic N) is 2. The third-order valence-corrected chi connectivity index (χ3v) is 6.27. The van der Waals surface area contributed by atoms with Crippen molar-refractivity contribution in [2.75, 3.05) is 23.3 Å². The fourth-order valence-electron chi connectivity index (χ4n) is 4.56. The van der Waals surface area contributed by atoms with Crippen molar-refractivity contribution in [3.63, 3.8) is 0 Å². The minimum absolute atomic E-state index is 0.0270. The van der Waals surface area contributed by atoms with Gasteiger partial charge in [-0.3, -0.25) is 9.59 Å². The number of anilines is 2. The van der Waals surface area contributed by atoms with Gasteiger partial charge in [0.15, 0.2) is 0 Å². The molecule has 1 aromatic heterocycles. The summed E-state index contributed by atoms with van der Waals surface area (Å²) in [4.78, 5) is 31.6. The van der Waals surface area contributed by atoms with E-state index < -0.39 is 0 Å². The molecule has 2 fully saturated rings. The van der Waals surface area contributed by atoms with Crippen molar-refractivity contribution in [2.45, 2.75) is 70.8 Å². The highest BCUT2D eigenvalue weighted by atomic mass is 16.2. The van der Waals surface area contributed by atoms with E-state index in [0.717, 1.165) is 53.9 Å². The van der Waals surface area contributed by atoms with Crippen molar-refractivity contribution in [2.24, 2.45) is 0 Å². The van der Waals surface area contributed by atoms with E-state index in [0.29, 0.717) is 6.04 Å². The van der Waals surface area contributed by atoms with Gasteiger partial charge in [0.1, 0.15) is 5.82 Å². The van der Waals surface area contributed by atoms with Crippen LogP contribution < -0.4 is 15.5 Å². The summed E-state index contributed by atoms with van der Waals surface area (Å²) >= 11 is 0. The highest BCUT2D eigenvalue weighted by molar-refractivity contribution is 5.96. The number of benzene rings is 1. The Balaban J connectivity index is 1.36. The number of fused-ring (bicyclic) bond motifs is 1. The molecule has 2 N–H and O–H groups in total. The summed E-state index contributed by atoms with van der Waals surface area (Å²) in [6.07, 6.45) is 8.66. The summed E-state index contributed by atoms with van der Waals surface area (Å²) in [5.74, 6) is 0.886. The minimum Gasteiger partial charge on any atom is -0.357 e. The van der Waals surface area contributed by atoms with Gasteiger partial charge in [-0.15, -0.1) is 0 Å². The second-order valence-corrected chi connectivity index (χ2v) is 8.67. The van der Waals surface area contributed by atoms with Gasteiger partial charge in [-0.25, -0.2) is 4.98 Å². The van der Waals surface area contributed by atoms with E-state index in [1.807, 2.05) is 18.2 Å². The third-order valence-electron chi connectivity index (χ3n) is 6.27. The molecule has 0 bridgehead atoms. The molecule has 4 rings (SSSR count). The topological polar surface area (TPSA) is 74.3 Å². The number of rotatable bonds is 6. The molecule has 2 heterocycles. The Morgan fingerprint density at radius 3 is 2.50 bits per heavy atom. The molecular weight excluding hydrogens is 376 g/mol. The van der Waals surface area contributed by atoms with Crippen molar-refractivity contribution >= 4 is 34.2 Å². The van der Waals surface area contributed by atoms with Crippen molar-refractivity contribution in [3.8, 4) is 0 Å². The van der Waals surface area contributed by atoms with Gasteiger partial charge in [0.05, 0.1) is 5.52 Å². The zero-order valence-corrected chi connectivity index (χ0v) is 17.9. The van der Waals surface area contributed by atoms with E-state index >= 15 is 0 Å². The SMILES string of the molecule is Cc1cc(N2CCCCC2)nc2ccc(NC(=O)CCC(=O)NC3CCCC3)cc12. The van der Waals surface area contributed by atoms with E-state index in [-0.39, 0.29) is 24.7 Å². The van der Waals surface area contributed by atoms with Crippen LogP contribution in [0, 0.1) is 6.92 Å². The Labute approximate surface area is 178 Å². The summed E-state index contributed by atoms with van der Waals surface area (Å²) in [6, 6.07) is 8.29. The van der Waals surface area contributed by atoms with Gasteiger partial charge in [0.2, 0.25) is 11.8 Å². The van der Waals surface area contributed by atoms with E-state index in [1.54, 1.807) is 0 Å². The van der Waals surface area contributed by atoms with Crippen LogP contribution in [0.1, 0.15) is 63.4 Å². The maximum absolute atomic E-state index is 12.3. The summed E-state index contributed by atoms with van der Waals surface area (Å²) < 4.78 is 0. The number of hydrogen-bond donors (Lipinski definition) is 2. The number of aromatic nitrogens is 1. The number of carbonyl (C=O) groups is 2. The van der Waals surface area contributed by atoms with Crippen molar-refractivity contribution in [1.29, 1.82) is 0 Å². The van der Waals surface area contributed by atoms with Gasteiger partial charge in [-0.2, -0.15) is 0 Å². The van der Waals surface area contributed by atoms with Crippen LogP contribution in [0.15, 0.2) is 24.3 Å². The first-order valence-corrected chi connectivity index (χ1v) is 11.3. The van der Waals surface area contributed by atoms with Crippen LogP contribution in [0.5, 0.6) is 0 Å². The molecule has 0 atom stereocenters. The molecule has 1 aromatic carbocycles. The molecule has 0 unspecified atom stereocenters. The molecule has 1 saturated heterocycles. The lowest BCUT2D eigenvalue weighted by atomic mass is 10.1. The maximum atomic E-state index is 12.3. The molecule has 0 spiro atoms. The second kappa shape index (κ2) is 9.45. The standard InChI is InChI=1S/C24H32N4O2/c1-17-15-22(28-13-5-2-6-14-28)27-21-10-9-19(16-20(17)21)26-24(30)12-11-23(29)25-18-7-3-4-8-18/h9-10,15-16,18H,2-8,11-14H2,1H3,(H,25,29)(H,26,30). The molecule has 1 aliphatic heterocycles. The predicted molar refractivity (Wildman–Crippen MR) is 121 cm³/mol. The number of piperidine rings is 1. The minimum atomic E-state index is -0.133. The third kappa shape index (κ3) is 5.10. The monoisotopic (exact) mass is 408 g/mol. The molecule has 6 heteroatoms. The molecule has 0 radical (unpaired) electrons. The Kier molecular flexibility index (Phi) is 6.50. The fraction of sp³-hybridized carbons (Fsp3) is 0.542. The van der Waals surface area contributed by atoms with Gasteiger partial charge < -0.3 is 15.5 Å². The summed E-state index contributed by atoms with van der Waals surface area (Å²) in [5, 5.41) is 7.01. The van der Waals surface area contributed by atoms with Crippen LogP contribution in [0.3, 0.4) is 0 Å². The Morgan fingerprint density at radius 2 is 1.73 bits per heavy atom. The van der Waals surface area contributed by atoms with Gasteiger partial charge >= 0.3 is 0 Å². The Morgan fingerprint density at radius 1 is 1.00 bits per heavy atom. The molecule has 2 aromatic rings. The summed E-state index contributed by atoms with van der Waals surface area (Å²) in [6.45, 7) is 4.23. The molecule has 30 heavy (non-hydrogen) atoms. The average molecular weight is 409 g/mol. The molecule has 2 amide bonds. The highest BCUT2D eigenvalue weighted by Crippen LogP contribution is 2.27. The average Bonchev–Trinajstić information content (AvgIpc) is 3.26. The van der Waals surface area contributed by atoms with Crippen LogP contribution in [0.2, 0.25) is 0 Å². The summed E-state index contributed by atoms with van der Waals surface area (Å²) in [7, 11) is 0. The van der Waals surface area contributed by atoms with Crippen molar-refractivity contribution in [3.05, 3.63) is 29.8 Å². The van der Waals surface area contributed by atoms with Gasteiger partial charge in [-0.05, 0) is 68.9 Å². The van der Waals surface area contributed by atoms with Crippen molar-refractivity contribution < 1.29 is 9.59 Å². The molecule has 2 aliphatic rings. The smallest absolute Gasteiger partial charge is 0.224 e. The number of hydrogen-bond acceptors (Lipinski definition) is 4. The van der Waals surface area contributed by atoms with Crippen LogP contribution in [0.25, 0.3) is 10.9 Å². The van der Waals surface area contributed by atoms with Crippen LogP contribution in [0.4, 0.5) is 11.5 Å². The predicted octanol–water partition coefficient (Wildman–Crippen LogP) is 4.31. The Bertz CT molecular complexity index is 915. The number of carbonyl (C=O) groups excluding carboxylic acids is 2. The first-order chi connectivity index (χ1) is 14.6. The molecule has 1 saturated carbocycles. The van der Waals surface area contributed by atoms with E-state index in [1.165, 1.54) is 32.1 Å². The molecule has 6 nitrogen and oxygen atoms in total. The van der Waals surface area contributed by atoms with E-state index in [4.69, 9.17) is 4.98 Å². The number of pyridine rings is 1. The fourth-order valence-corrected chi connectivity index (χ4v) is 4.56. The van der Waals surface area contributed by atoms with Crippen LogP contribution >= 0.6 is 0 Å². The van der Waals surface area contributed by atoms with Crippen LogP contribution in [-0.4, -0.2) is 35.9 Å². The molecule has 160 valence electrons. The lowest BCUT2D eigenvalue weighted by Crippen LogP contribution is -2.33. The largest absolute Gasteiger partial charge is 0.357 e. The zero-order valence-electron chi connectivity index (χ0n) is 17.9. The first-order valence-electron chi connectivity index (χ1n) is 11.3. The second-order valence-electron chi connectivity index (χ2n) is 8.67. The summed E-state index contributed by atoms with van der Waals surface area (Å²) in [5.41, 5.74) is 2.86. The van der Waals surface area contributed by atoms with Crippen molar-refractivity contribution in [1.82, 2.24) is 10.3 Å². The van der Waals surface area contributed by atoms with E-state index in [2.05, 4.69) is 28.5 Å². The number of aryl methyl sites for hydroxylation is 1. The lowest BCUT2D eigenvalue weighted by molar-refractivity contribution is -0.124. The quantitative estimate of drug-likeness (QED) is 0.747. The number of amides is 2. The van der Waals surface area contributed by atoms with E-state index in [9.17, 15) is 9.59 Å². The van der Waals surface area contributed by atoms with Gasteiger partial charge in [0.25, 0.3) is 0 Å². The van der Waals surface area contributed by atoms with Gasteiger partial charge in [0, 0.05) is 43.0 Å². The number of nitrogens with one attached hydrogen (secondary N) is 2. The Hall–Kier alpha value is -2.63. The van der Waals surface area contributed by atoms with Crippen LogP contribution in [-0.2, 0) is 9.59 Å². The maximum Gasteiger partial charge on any atom is 0.224 e. The molecule has 1 aliphatic carbocycles. The first kappa shape index (κ1) is 20.6. The zero-order chi connectivity index (χ0) is 20.9. The normalized spacial score (nSPS) is 17.3. The lowest BCUT2D eigenvalue weighted by Gasteiger charge is -2.28. The highest BCUT2D eigenvalue weighted by Gasteiger charge is 2.18. The van der Waals surface area contributed by atoms with Gasteiger partial charge in [-0.1, -0.05) is 12.8 Å². The molecular formula is C24H32N4O2.